The summed E-state index contributed by atoms with van der Waals surface area (Å²) in [4.78, 5) is 43.2. The van der Waals surface area contributed by atoms with Crippen molar-refractivity contribution in [3.05, 3.63) is 0 Å². The number of nitrogens with zero attached hydrogens (tertiary/aromatic N) is 3. The average molecular weight is 624 g/mol. The number of hydrogen-bond acceptors (Lipinski definition) is 7. The van der Waals surface area contributed by atoms with Crippen LogP contribution in [0.25, 0.3) is 0 Å². The third-order valence-electron chi connectivity index (χ3n) is 8.60. The van der Waals surface area contributed by atoms with Gasteiger partial charge in [0.1, 0.15) is 5.60 Å². The lowest BCUT2D eigenvalue weighted by Gasteiger charge is -2.48. The molecule has 9 heteroatoms. The van der Waals surface area contributed by atoms with Gasteiger partial charge < -0.3 is 24.0 Å². The van der Waals surface area contributed by atoms with Crippen molar-refractivity contribution in [2.45, 2.75) is 142 Å². The fraction of sp³-hybridized carbons (Fsp3) is 0.914. The molecule has 2 rings (SSSR count). The van der Waals surface area contributed by atoms with E-state index in [0.29, 0.717) is 51.2 Å². The summed E-state index contributed by atoms with van der Waals surface area (Å²) in [6.07, 6.45) is 18.5. The minimum Gasteiger partial charge on any atom is -0.460 e. The van der Waals surface area contributed by atoms with Crippen LogP contribution in [0.15, 0.2) is 0 Å². The first-order valence-corrected chi connectivity index (χ1v) is 17.9. The summed E-state index contributed by atoms with van der Waals surface area (Å²) in [6, 6.07) is 0.432. The molecule has 256 valence electrons. The van der Waals surface area contributed by atoms with Gasteiger partial charge in [0, 0.05) is 51.7 Å². The molecule has 0 N–H and O–H groups in total. The van der Waals surface area contributed by atoms with Gasteiger partial charge in [0.15, 0.2) is 0 Å². The van der Waals surface area contributed by atoms with Crippen LogP contribution in [0, 0.1) is 0 Å². The molecule has 0 spiro atoms. The maximum absolute atomic E-state index is 12.6. The molecule has 0 saturated carbocycles. The predicted octanol–water partition coefficient (Wildman–Crippen LogP) is 5.98. The highest BCUT2D eigenvalue weighted by Crippen LogP contribution is 2.20. The summed E-state index contributed by atoms with van der Waals surface area (Å²) in [5.41, 5.74) is -0.483. The van der Waals surface area contributed by atoms with E-state index in [4.69, 9.17) is 14.2 Å². The lowest BCUT2D eigenvalue weighted by molar-refractivity contribution is -0.156. The molecule has 2 amide bonds. The van der Waals surface area contributed by atoms with Gasteiger partial charge in [-0.25, -0.2) is 0 Å². The van der Waals surface area contributed by atoms with Gasteiger partial charge in [0.25, 0.3) is 0 Å². The first-order chi connectivity index (χ1) is 21.2. The van der Waals surface area contributed by atoms with Gasteiger partial charge in [0.05, 0.1) is 39.3 Å². The first-order valence-electron chi connectivity index (χ1n) is 17.9. The summed E-state index contributed by atoms with van der Waals surface area (Å²) in [7, 11) is 0. The predicted molar refractivity (Wildman–Crippen MR) is 176 cm³/mol. The van der Waals surface area contributed by atoms with E-state index in [1.807, 2.05) is 30.6 Å². The topological polar surface area (TPSA) is 88.6 Å². The maximum atomic E-state index is 12.6. The van der Waals surface area contributed by atoms with Crippen LogP contribution in [0.3, 0.4) is 0 Å². The molecule has 9 nitrogen and oxygen atoms in total. The Morgan fingerprint density at radius 1 is 0.591 bits per heavy atom. The molecule has 44 heavy (non-hydrogen) atoms. The van der Waals surface area contributed by atoms with Crippen molar-refractivity contribution in [2.75, 3.05) is 65.7 Å². The van der Waals surface area contributed by atoms with E-state index >= 15 is 0 Å². The smallest absolute Gasteiger partial charge is 0.308 e. The summed E-state index contributed by atoms with van der Waals surface area (Å²) < 4.78 is 16.2. The molecule has 2 aliphatic heterocycles. The number of rotatable bonds is 24. The molecule has 2 heterocycles. The molecule has 0 aromatic carbocycles. The largest absolute Gasteiger partial charge is 0.460 e. The molecule has 0 radical (unpaired) electrons. The fourth-order valence-corrected chi connectivity index (χ4v) is 5.87. The normalized spacial score (nSPS) is 16.3. The lowest BCUT2D eigenvalue weighted by Crippen LogP contribution is -2.64. The molecule has 2 fully saturated rings. The van der Waals surface area contributed by atoms with E-state index in [-0.39, 0.29) is 18.3 Å². The quantitative estimate of drug-likeness (QED) is 0.0966. The molecule has 2 saturated heterocycles. The van der Waals surface area contributed by atoms with Crippen LogP contribution in [0.5, 0.6) is 0 Å². The van der Waals surface area contributed by atoms with Crippen molar-refractivity contribution in [2.24, 2.45) is 0 Å². The van der Waals surface area contributed by atoms with Crippen molar-refractivity contribution in [3.63, 3.8) is 0 Å². The molecule has 0 bridgehead atoms. The molecular weight excluding hydrogens is 558 g/mol. The van der Waals surface area contributed by atoms with Crippen molar-refractivity contribution in [3.8, 4) is 0 Å². The lowest BCUT2D eigenvalue weighted by atomic mass is 10.0. The minimum atomic E-state index is -0.483. The minimum absolute atomic E-state index is 0.124. The highest BCUT2D eigenvalue weighted by atomic mass is 16.6. The number of likely N-dealkylation sites (tertiary alicyclic amines) is 1. The number of carbonyl (C=O) groups is 3. The van der Waals surface area contributed by atoms with Crippen LogP contribution in [-0.4, -0.2) is 110 Å². The standard InChI is InChI=1S/C35H65N3O6/c1-5-6-7-8-9-10-11-12-13-14-15-16-17-18-32(39)38-29-31(30-38)36-21-23-37(24-22-36)33(40)19-25-42-27-28-43-26-20-34(41)44-35(2,3)4/h31H,5-30H2,1-4H3. The first kappa shape index (κ1) is 38.5. The van der Waals surface area contributed by atoms with Gasteiger partial charge in [-0.2, -0.15) is 0 Å². The Kier molecular flexibility index (Phi) is 19.9. The number of hydrogen-bond donors (Lipinski definition) is 0. The van der Waals surface area contributed by atoms with Gasteiger partial charge in [-0.1, -0.05) is 84.0 Å². The Morgan fingerprint density at radius 2 is 1.07 bits per heavy atom. The monoisotopic (exact) mass is 623 g/mol. The maximum Gasteiger partial charge on any atom is 0.308 e. The Morgan fingerprint density at radius 3 is 1.59 bits per heavy atom. The number of ether oxygens (including phenoxy) is 3. The highest BCUT2D eigenvalue weighted by molar-refractivity contribution is 5.77. The van der Waals surface area contributed by atoms with Crippen LogP contribution in [0.1, 0.15) is 130 Å². The van der Waals surface area contributed by atoms with Crippen LogP contribution in [-0.2, 0) is 28.6 Å². The molecule has 0 aromatic rings. The van der Waals surface area contributed by atoms with Gasteiger partial charge in [-0.15, -0.1) is 0 Å². The van der Waals surface area contributed by atoms with E-state index in [0.717, 1.165) is 45.7 Å². The zero-order chi connectivity index (χ0) is 32.0. The number of carbonyl (C=O) groups excluding carboxylic acids is 3. The van der Waals surface area contributed by atoms with Crippen molar-refractivity contribution < 1.29 is 28.6 Å². The zero-order valence-corrected chi connectivity index (χ0v) is 28.8. The molecule has 0 atom stereocenters. The van der Waals surface area contributed by atoms with Crippen LogP contribution in [0.2, 0.25) is 0 Å². The molecule has 0 aromatic heterocycles. The number of unbranched alkanes of at least 4 members (excludes halogenated alkanes) is 12. The van der Waals surface area contributed by atoms with Crippen molar-refractivity contribution in [1.29, 1.82) is 0 Å². The second-order valence-corrected chi connectivity index (χ2v) is 13.7. The summed E-state index contributed by atoms with van der Waals surface area (Å²) in [5.74, 6) is 0.165. The molecular formula is C35H65N3O6. The van der Waals surface area contributed by atoms with Gasteiger partial charge in [-0.3, -0.25) is 19.3 Å². The Bertz CT molecular complexity index is 788. The summed E-state index contributed by atoms with van der Waals surface area (Å²) in [5, 5.41) is 0. The third kappa shape index (κ3) is 17.7. The van der Waals surface area contributed by atoms with Gasteiger partial charge in [-0.05, 0) is 27.2 Å². The SMILES string of the molecule is CCCCCCCCCCCCCCCC(=O)N1CC(N2CCN(C(=O)CCOCCOCCC(=O)OC(C)(C)C)CC2)C1. The van der Waals surface area contributed by atoms with Crippen LogP contribution >= 0.6 is 0 Å². The van der Waals surface area contributed by atoms with Crippen molar-refractivity contribution >= 4 is 17.8 Å². The van der Waals surface area contributed by atoms with Gasteiger partial charge >= 0.3 is 5.97 Å². The van der Waals surface area contributed by atoms with Crippen molar-refractivity contribution in [1.82, 2.24) is 14.7 Å². The molecule has 0 aliphatic carbocycles. The second kappa shape index (κ2) is 22.7. The van der Waals surface area contributed by atoms with E-state index in [1.165, 1.54) is 77.0 Å². The second-order valence-electron chi connectivity index (χ2n) is 13.7. The average Bonchev–Trinajstić information content (AvgIpc) is 2.95. The van der Waals surface area contributed by atoms with E-state index in [2.05, 4.69) is 11.8 Å². The zero-order valence-electron chi connectivity index (χ0n) is 28.8. The Balaban J connectivity index is 1.38. The van der Waals surface area contributed by atoms with E-state index < -0.39 is 5.60 Å². The van der Waals surface area contributed by atoms with Crippen LogP contribution < -0.4 is 0 Å². The molecule has 2 aliphatic rings. The Hall–Kier alpha value is -1.71. The number of amides is 2. The number of esters is 1. The Labute approximate surface area is 268 Å². The van der Waals surface area contributed by atoms with Crippen LogP contribution in [0.4, 0.5) is 0 Å². The van der Waals surface area contributed by atoms with E-state index in [1.54, 1.807) is 0 Å². The molecule has 0 unspecified atom stereocenters. The fourth-order valence-electron chi connectivity index (χ4n) is 5.87. The summed E-state index contributed by atoms with van der Waals surface area (Å²) >= 11 is 0. The van der Waals surface area contributed by atoms with Gasteiger partial charge in [0.2, 0.25) is 11.8 Å². The summed E-state index contributed by atoms with van der Waals surface area (Å²) in [6.45, 7) is 14.1. The highest BCUT2D eigenvalue weighted by Gasteiger charge is 2.36. The van der Waals surface area contributed by atoms with E-state index in [9.17, 15) is 14.4 Å². The third-order valence-corrected chi connectivity index (χ3v) is 8.60. The number of piperazine rings is 1.